The maximum atomic E-state index is 12.5. The molecule has 2 heterocycles. The van der Waals surface area contributed by atoms with E-state index in [0.717, 1.165) is 18.9 Å². The molecule has 7 heteroatoms. The number of rotatable bonds is 6. The zero-order chi connectivity index (χ0) is 19.9. The number of carbonyl (C=O) groups excluding carboxylic acids is 2. The van der Waals surface area contributed by atoms with Gasteiger partial charge < -0.3 is 15.1 Å². The largest absolute Gasteiger partial charge is 0.384 e. The van der Waals surface area contributed by atoms with Gasteiger partial charge in [-0.25, -0.2) is 4.98 Å². The van der Waals surface area contributed by atoms with E-state index in [4.69, 9.17) is 5.26 Å². The third-order valence-corrected chi connectivity index (χ3v) is 4.79. The van der Waals surface area contributed by atoms with Crippen LogP contribution in [0.5, 0.6) is 0 Å². The van der Waals surface area contributed by atoms with Gasteiger partial charge in [0.1, 0.15) is 5.82 Å². The van der Waals surface area contributed by atoms with E-state index in [9.17, 15) is 9.59 Å². The Morgan fingerprint density at radius 3 is 2.61 bits per heavy atom. The quantitative estimate of drug-likeness (QED) is 0.777. The molecule has 0 spiro atoms. The molecule has 1 aromatic carbocycles. The van der Waals surface area contributed by atoms with Crippen LogP contribution < -0.4 is 10.2 Å². The highest BCUT2D eigenvalue weighted by molar-refractivity contribution is 5.99. The molecule has 0 radical (unpaired) electrons. The monoisotopic (exact) mass is 377 g/mol. The highest BCUT2D eigenvalue weighted by atomic mass is 16.2. The second-order valence-corrected chi connectivity index (χ2v) is 6.66. The second kappa shape index (κ2) is 9.00. The Balaban J connectivity index is 1.50. The SMILES string of the molecule is CC(=O)c1ccc(C#N)cc1NCCC(=O)N1CCN(c2ccccn2)CC1. The van der Waals surface area contributed by atoms with Crippen molar-refractivity contribution in [3.63, 3.8) is 0 Å². The lowest BCUT2D eigenvalue weighted by atomic mass is 10.1. The van der Waals surface area contributed by atoms with Crippen LogP contribution in [-0.4, -0.2) is 54.3 Å². The van der Waals surface area contributed by atoms with Crippen LogP contribution in [0.15, 0.2) is 42.6 Å². The van der Waals surface area contributed by atoms with Gasteiger partial charge in [-0.05, 0) is 37.3 Å². The zero-order valence-corrected chi connectivity index (χ0v) is 15.9. The summed E-state index contributed by atoms with van der Waals surface area (Å²) in [5.41, 5.74) is 1.60. The fourth-order valence-corrected chi connectivity index (χ4v) is 3.26. The van der Waals surface area contributed by atoms with Gasteiger partial charge in [-0.1, -0.05) is 6.07 Å². The molecule has 7 nitrogen and oxygen atoms in total. The molecule has 144 valence electrons. The minimum Gasteiger partial charge on any atom is -0.384 e. The van der Waals surface area contributed by atoms with Crippen molar-refractivity contribution in [1.29, 1.82) is 5.26 Å². The number of hydrogen-bond donors (Lipinski definition) is 1. The van der Waals surface area contributed by atoms with Crippen molar-refractivity contribution in [2.45, 2.75) is 13.3 Å². The molecule has 1 aliphatic rings. The van der Waals surface area contributed by atoms with Gasteiger partial charge in [0.2, 0.25) is 5.91 Å². The number of hydrogen-bond acceptors (Lipinski definition) is 6. The lowest BCUT2D eigenvalue weighted by Gasteiger charge is -2.35. The maximum Gasteiger partial charge on any atom is 0.224 e. The van der Waals surface area contributed by atoms with Gasteiger partial charge in [-0.15, -0.1) is 0 Å². The number of pyridine rings is 1. The van der Waals surface area contributed by atoms with Crippen molar-refractivity contribution in [3.8, 4) is 6.07 Å². The Morgan fingerprint density at radius 2 is 1.96 bits per heavy atom. The summed E-state index contributed by atoms with van der Waals surface area (Å²) >= 11 is 0. The lowest BCUT2D eigenvalue weighted by molar-refractivity contribution is -0.131. The fourth-order valence-electron chi connectivity index (χ4n) is 3.26. The molecule has 0 aliphatic carbocycles. The molecular weight excluding hydrogens is 354 g/mol. The van der Waals surface area contributed by atoms with Crippen molar-refractivity contribution in [1.82, 2.24) is 9.88 Å². The van der Waals surface area contributed by atoms with E-state index in [1.54, 1.807) is 24.4 Å². The molecule has 1 aromatic heterocycles. The highest BCUT2D eigenvalue weighted by Crippen LogP contribution is 2.19. The Hall–Kier alpha value is -3.40. The number of anilines is 2. The maximum absolute atomic E-state index is 12.5. The molecule has 1 fully saturated rings. The van der Waals surface area contributed by atoms with Crippen LogP contribution in [0, 0.1) is 11.3 Å². The first-order valence-electron chi connectivity index (χ1n) is 9.31. The van der Waals surface area contributed by atoms with Gasteiger partial charge in [-0.2, -0.15) is 5.26 Å². The van der Waals surface area contributed by atoms with E-state index in [1.807, 2.05) is 23.1 Å². The minimum absolute atomic E-state index is 0.0778. The smallest absolute Gasteiger partial charge is 0.224 e. The number of nitrogens with one attached hydrogen (secondary N) is 1. The van der Waals surface area contributed by atoms with E-state index in [-0.39, 0.29) is 11.7 Å². The Bertz CT molecular complexity index is 883. The summed E-state index contributed by atoms with van der Waals surface area (Å²) in [4.78, 5) is 32.6. The van der Waals surface area contributed by atoms with Crippen molar-refractivity contribution in [2.75, 3.05) is 42.9 Å². The summed E-state index contributed by atoms with van der Waals surface area (Å²) in [6, 6.07) is 12.8. The van der Waals surface area contributed by atoms with E-state index >= 15 is 0 Å². The van der Waals surface area contributed by atoms with Crippen LogP contribution in [0.25, 0.3) is 0 Å². The minimum atomic E-state index is -0.0797. The molecule has 1 saturated heterocycles. The topological polar surface area (TPSA) is 89.3 Å². The number of Topliss-reactive ketones (excluding diaryl/α,β-unsaturated/α-hetero) is 1. The third-order valence-electron chi connectivity index (χ3n) is 4.79. The van der Waals surface area contributed by atoms with Crippen molar-refractivity contribution in [3.05, 3.63) is 53.7 Å². The first-order chi connectivity index (χ1) is 13.6. The second-order valence-electron chi connectivity index (χ2n) is 6.66. The first kappa shape index (κ1) is 19.4. The number of nitrogens with zero attached hydrogens (tertiary/aromatic N) is 4. The number of aromatic nitrogens is 1. The van der Waals surface area contributed by atoms with Gasteiger partial charge in [0, 0.05) is 56.6 Å². The third kappa shape index (κ3) is 4.65. The normalized spacial score (nSPS) is 13.7. The summed E-state index contributed by atoms with van der Waals surface area (Å²) in [5.74, 6) is 0.934. The molecule has 1 aliphatic heterocycles. The summed E-state index contributed by atoms with van der Waals surface area (Å²) in [6.07, 6.45) is 2.10. The Labute approximate surface area is 164 Å². The molecule has 0 atom stereocenters. The summed E-state index contributed by atoms with van der Waals surface area (Å²) in [6.45, 7) is 4.74. The standard InChI is InChI=1S/C21H23N5O2/c1-16(27)18-6-5-17(15-22)14-19(18)23-9-7-21(28)26-12-10-25(11-13-26)20-4-2-3-8-24-20/h2-6,8,14,23H,7,9-13H2,1H3. The molecule has 1 amide bonds. The predicted molar refractivity (Wildman–Crippen MR) is 107 cm³/mol. The number of ketones is 1. The van der Waals surface area contributed by atoms with Gasteiger partial charge in [0.25, 0.3) is 0 Å². The van der Waals surface area contributed by atoms with Crippen molar-refractivity contribution in [2.24, 2.45) is 0 Å². The van der Waals surface area contributed by atoms with Crippen LogP contribution in [0.3, 0.4) is 0 Å². The first-order valence-corrected chi connectivity index (χ1v) is 9.31. The van der Waals surface area contributed by atoms with Crippen LogP contribution >= 0.6 is 0 Å². The average Bonchev–Trinajstić information content (AvgIpc) is 2.74. The van der Waals surface area contributed by atoms with E-state index < -0.39 is 0 Å². The Kier molecular flexibility index (Phi) is 6.22. The van der Waals surface area contributed by atoms with Crippen molar-refractivity contribution >= 4 is 23.2 Å². The predicted octanol–water partition coefficient (Wildman–Crippen LogP) is 2.31. The van der Waals surface area contributed by atoms with E-state index in [2.05, 4.69) is 21.3 Å². The average molecular weight is 377 g/mol. The number of amides is 1. The molecule has 0 unspecified atom stereocenters. The fraction of sp³-hybridized carbons (Fsp3) is 0.333. The van der Waals surface area contributed by atoms with Crippen LogP contribution in [0.2, 0.25) is 0 Å². The molecule has 2 aromatic rings. The number of carbonyl (C=O) groups is 2. The number of piperazine rings is 1. The molecule has 28 heavy (non-hydrogen) atoms. The summed E-state index contributed by atoms with van der Waals surface area (Å²) in [5, 5.41) is 12.2. The van der Waals surface area contributed by atoms with Gasteiger partial charge >= 0.3 is 0 Å². The molecule has 1 N–H and O–H groups in total. The van der Waals surface area contributed by atoms with Gasteiger partial charge in [0.05, 0.1) is 11.6 Å². The molecule has 0 saturated carbocycles. The van der Waals surface area contributed by atoms with Gasteiger partial charge in [-0.3, -0.25) is 9.59 Å². The zero-order valence-electron chi connectivity index (χ0n) is 15.9. The summed E-state index contributed by atoms with van der Waals surface area (Å²) in [7, 11) is 0. The lowest BCUT2D eigenvalue weighted by Crippen LogP contribution is -2.49. The Morgan fingerprint density at radius 1 is 1.18 bits per heavy atom. The molecule has 0 bridgehead atoms. The molecular formula is C21H23N5O2. The van der Waals surface area contributed by atoms with E-state index in [1.165, 1.54) is 6.92 Å². The molecule has 3 rings (SSSR count). The highest BCUT2D eigenvalue weighted by Gasteiger charge is 2.21. The van der Waals surface area contributed by atoms with Crippen LogP contribution in [0.1, 0.15) is 29.3 Å². The summed E-state index contributed by atoms with van der Waals surface area (Å²) < 4.78 is 0. The van der Waals surface area contributed by atoms with Crippen LogP contribution in [-0.2, 0) is 4.79 Å². The van der Waals surface area contributed by atoms with Crippen molar-refractivity contribution < 1.29 is 9.59 Å². The van der Waals surface area contributed by atoms with Gasteiger partial charge in [0.15, 0.2) is 5.78 Å². The van der Waals surface area contributed by atoms with E-state index in [0.29, 0.717) is 42.9 Å². The number of nitriles is 1. The number of benzene rings is 1. The van der Waals surface area contributed by atoms with Crippen LogP contribution in [0.4, 0.5) is 11.5 Å².